The van der Waals surface area contributed by atoms with E-state index in [0.717, 1.165) is 28.0 Å². The Labute approximate surface area is 128 Å². The van der Waals surface area contributed by atoms with Crippen LogP contribution in [0.1, 0.15) is 23.4 Å². The molecule has 1 aromatic carbocycles. The third kappa shape index (κ3) is 2.47. The first-order chi connectivity index (χ1) is 10.6. The minimum atomic E-state index is -0.213. The van der Waals surface area contributed by atoms with Crippen LogP contribution >= 0.6 is 0 Å². The van der Waals surface area contributed by atoms with Crippen molar-refractivity contribution in [1.82, 2.24) is 19.7 Å². The van der Waals surface area contributed by atoms with Crippen molar-refractivity contribution in [2.24, 2.45) is 0 Å². The first-order valence-corrected chi connectivity index (χ1v) is 7.17. The van der Waals surface area contributed by atoms with Crippen LogP contribution in [-0.2, 0) is 16.0 Å². The van der Waals surface area contributed by atoms with E-state index in [0.29, 0.717) is 18.8 Å². The zero-order chi connectivity index (χ0) is 15.7. The summed E-state index contributed by atoms with van der Waals surface area (Å²) in [7, 11) is 1.40. The van der Waals surface area contributed by atoms with Crippen LogP contribution in [0.5, 0.6) is 0 Å². The molecule has 0 bridgehead atoms. The van der Waals surface area contributed by atoms with E-state index in [1.54, 1.807) is 4.68 Å². The number of nitrogens with zero attached hydrogens (tertiary/aromatic N) is 3. The number of para-hydroxylation sites is 2. The molecule has 6 nitrogen and oxygen atoms in total. The predicted molar refractivity (Wildman–Crippen MR) is 83.0 cm³/mol. The number of H-pyrrole nitrogens is 1. The van der Waals surface area contributed by atoms with Gasteiger partial charge < -0.3 is 9.72 Å². The van der Waals surface area contributed by atoms with Gasteiger partial charge in [0.1, 0.15) is 0 Å². The molecule has 114 valence electrons. The van der Waals surface area contributed by atoms with E-state index in [9.17, 15) is 4.79 Å². The monoisotopic (exact) mass is 298 g/mol. The highest BCUT2D eigenvalue weighted by molar-refractivity contribution is 5.76. The molecular weight excluding hydrogens is 280 g/mol. The molecule has 0 amide bonds. The van der Waals surface area contributed by atoms with E-state index in [1.807, 2.05) is 38.1 Å². The van der Waals surface area contributed by atoms with Crippen molar-refractivity contribution in [2.75, 3.05) is 7.11 Å². The molecule has 6 heteroatoms. The molecule has 2 aromatic heterocycles. The maximum absolute atomic E-state index is 11.3. The lowest BCUT2D eigenvalue weighted by molar-refractivity contribution is -0.140. The molecule has 22 heavy (non-hydrogen) atoms. The fraction of sp³-hybridized carbons (Fsp3) is 0.312. The molecule has 0 saturated carbocycles. The summed E-state index contributed by atoms with van der Waals surface area (Å²) in [6, 6.07) is 7.86. The SMILES string of the molecule is COC(=O)CCc1c(C)nn(-c2nc3ccccc3[nH]2)c1C. The number of benzene rings is 1. The number of imidazole rings is 1. The summed E-state index contributed by atoms with van der Waals surface area (Å²) >= 11 is 0. The largest absolute Gasteiger partial charge is 0.469 e. The van der Waals surface area contributed by atoms with Gasteiger partial charge in [0.2, 0.25) is 5.95 Å². The number of fused-ring (bicyclic) bond motifs is 1. The highest BCUT2D eigenvalue weighted by Crippen LogP contribution is 2.20. The van der Waals surface area contributed by atoms with Crippen molar-refractivity contribution in [3.63, 3.8) is 0 Å². The molecule has 3 rings (SSSR count). The van der Waals surface area contributed by atoms with Gasteiger partial charge in [0.15, 0.2) is 0 Å². The highest BCUT2D eigenvalue weighted by atomic mass is 16.5. The quantitative estimate of drug-likeness (QED) is 0.751. The van der Waals surface area contributed by atoms with Gasteiger partial charge in [0.25, 0.3) is 0 Å². The molecule has 0 radical (unpaired) electrons. The standard InChI is InChI=1S/C16H18N4O2/c1-10-12(8-9-15(21)22-3)11(2)20(19-10)16-17-13-6-4-5-7-14(13)18-16/h4-7H,8-9H2,1-3H3,(H,17,18). The van der Waals surface area contributed by atoms with E-state index >= 15 is 0 Å². The third-order valence-corrected chi connectivity index (χ3v) is 3.83. The molecule has 2 heterocycles. The van der Waals surface area contributed by atoms with Crippen molar-refractivity contribution in [2.45, 2.75) is 26.7 Å². The second-order valence-electron chi connectivity index (χ2n) is 5.21. The van der Waals surface area contributed by atoms with Gasteiger partial charge >= 0.3 is 5.97 Å². The molecule has 0 unspecified atom stereocenters. The van der Waals surface area contributed by atoms with Crippen LogP contribution in [0.2, 0.25) is 0 Å². The molecule has 1 N–H and O–H groups in total. The lowest BCUT2D eigenvalue weighted by Crippen LogP contribution is -2.04. The van der Waals surface area contributed by atoms with Crippen LogP contribution in [-0.4, -0.2) is 32.8 Å². The summed E-state index contributed by atoms with van der Waals surface area (Å²) in [6.45, 7) is 3.93. The average molecular weight is 298 g/mol. The summed E-state index contributed by atoms with van der Waals surface area (Å²) in [4.78, 5) is 19.2. The van der Waals surface area contributed by atoms with Gasteiger partial charge in [0.05, 0.1) is 23.8 Å². The van der Waals surface area contributed by atoms with Gasteiger partial charge in [-0.25, -0.2) is 9.67 Å². The van der Waals surface area contributed by atoms with Crippen molar-refractivity contribution in [3.8, 4) is 5.95 Å². The topological polar surface area (TPSA) is 72.8 Å². The van der Waals surface area contributed by atoms with Gasteiger partial charge in [-0.3, -0.25) is 4.79 Å². The molecule has 3 aromatic rings. The number of rotatable bonds is 4. The van der Waals surface area contributed by atoms with Crippen molar-refractivity contribution >= 4 is 17.0 Å². The summed E-state index contributed by atoms with van der Waals surface area (Å²) < 4.78 is 6.49. The summed E-state index contributed by atoms with van der Waals surface area (Å²) in [6.07, 6.45) is 0.967. The molecule has 0 fully saturated rings. The van der Waals surface area contributed by atoms with Gasteiger partial charge in [-0.2, -0.15) is 5.10 Å². The minimum Gasteiger partial charge on any atom is -0.469 e. The number of aryl methyl sites for hydroxylation is 1. The zero-order valence-electron chi connectivity index (χ0n) is 12.9. The van der Waals surface area contributed by atoms with Crippen molar-refractivity contribution in [1.29, 1.82) is 0 Å². The van der Waals surface area contributed by atoms with E-state index in [-0.39, 0.29) is 5.97 Å². The maximum Gasteiger partial charge on any atom is 0.305 e. The van der Waals surface area contributed by atoms with Crippen LogP contribution in [0.25, 0.3) is 17.0 Å². The average Bonchev–Trinajstić information content (AvgIpc) is 3.06. The number of methoxy groups -OCH3 is 1. The number of ether oxygens (including phenoxy) is 1. The first-order valence-electron chi connectivity index (χ1n) is 7.17. The lowest BCUT2D eigenvalue weighted by Gasteiger charge is -2.02. The Kier molecular flexibility index (Phi) is 3.66. The van der Waals surface area contributed by atoms with Crippen LogP contribution in [0.15, 0.2) is 24.3 Å². The second-order valence-corrected chi connectivity index (χ2v) is 5.21. The van der Waals surface area contributed by atoms with E-state index in [2.05, 4.69) is 15.1 Å². The van der Waals surface area contributed by atoms with Gasteiger partial charge in [-0.15, -0.1) is 0 Å². The Hall–Kier alpha value is -2.63. The Bertz CT molecular complexity index is 799. The Balaban J connectivity index is 1.96. The number of carbonyl (C=O) groups is 1. The number of esters is 1. The molecule has 0 aliphatic heterocycles. The van der Waals surface area contributed by atoms with Crippen LogP contribution in [0.4, 0.5) is 0 Å². The fourth-order valence-electron chi connectivity index (χ4n) is 2.61. The van der Waals surface area contributed by atoms with Crippen molar-refractivity contribution < 1.29 is 9.53 Å². The number of aromatic amines is 1. The summed E-state index contributed by atoms with van der Waals surface area (Å²) in [5.41, 5.74) is 4.83. The van der Waals surface area contributed by atoms with Gasteiger partial charge in [0, 0.05) is 12.1 Å². The van der Waals surface area contributed by atoms with E-state index in [4.69, 9.17) is 4.74 Å². The van der Waals surface area contributed by atoms with Crippen molar-refractivity contribution in [3.05, 3.63) is 41.2 Å². The third-order valence-electron chi connectivity index (χ3n) is 3.83. The van der Waals surface area contributed by atoms with Gasteiger partial charge in [-0.1, -0.05) is 12.1 Å². The normalized spacial score (nSPS) is 11.0. The van der Waals surface area contributed by atoms with E-state index < -0.39 is 0 Å². The Morgan fingerprint density at radius 3 is 2.82 bits per heavy atom. The first kappa shape index (κ1) is 14.3. The molecule has 0 aliphatic rings. The lowest BCUT2D eigenvalue weighted by atomic mass is 10.1. The van der Waals surface area contributed by atoms with Gasteiger partial charge in [-0.05, 0) is 38.0 Å². The fourth-order valence-corrected chi connectivity index (χ4v) is 2.61. The highest BCUT2D eigenvalue weighted by Gasteiger charge is 2.16. The predicted octanol–water partition coefficient (Wildman–Crippen LogP) is 2.47. The smallest absolute Gasteiger partial charge is 0.305 e. The summed E-state index contributed by atoms with van der Waals surface area (Å²) in [5.74, 6) is 0.474. The number of nitrogens with one attached hydrogen (secondary N) is 1. The number of hydrogen-bond donors (Lipinski definition) is 1. The molecule has 0 aliphatic carbocycles. The summed E-state index contributed by atoms with van der Waals surface area (Å²) in [5, 5.41) is 4.55. The maximum atomic E-state index is 11.3. The van der Waals surface area contributed by atoms with Crippen LogP contribution in [0, 0.1) is 13.8 Å². The molecule has 0 atom stereocenters. The minimum absolute atomic E-state index is 0.213. The molecular formula is C16H18N4O2. The molecule has 0 saturated heterocycles. The number of aromatic nitrogens is 4. The van der Waals surface area contributed by atoms with Crippen LogP contribution in [0.3, 0.4) is 0 Å². The number of carbonyl (C=O) groups excluding carboxylic acids is 1. The zero-order valence-corrected chi connectivity index (χ0v) is 12.9. The Morgan fingerprint density at radius 1 is 1.32 bits per heavy atom. The molecule has 0 spiro atoms. The van der Waals surface area contributed by atoms with Crippen LogP contribution < -0.4 is 0 Å². The van der Waals surface area contributed by atoms with E-state index in [1.165, 1.54) is 7.11 Å². The second kappa shape index (κ2) is 5.63. The number of hydrogen-bond acceptors (Lipinski definition) is 4. The Morgan fingerprint density at radius 2 is 2.09 bits per heavy atom.